The van der Waals surface area contributed by atoms with E-state index in [1.807, 2.05) is 30.3 Å². The zero-order valence-corrected chi connectivity index (χ0v) is 14.8. The van der Waals surface area contributed by atoms with Gasteiger partial charge in [0.25, 0.3) is 11.8 Å². The lowest BCUT2D eigenvalue weighted by molar-refractivity contribution is 0.0944. The second-order valence-corrected chi connectivity index (χ2v) is 6.41. The molecule has 1 aromatic heterocycles. The molecule has 1 atom stereocenters. The van der Waals surface area contributed by atoms with Crippen molar-refractivity contribution in [2.75, 3.05) is 26.8 Å². The van der Waals surface area contributed by atoms with Gasteiger partial charge in [-0.25, -0.2) is 4.98 Å². The van der Waals surface area contributed by atoms with Crippen LogP contribution in [0.1, 0.15) is 38.5 Å². The minimum Gasteiger partial charge on any atom is -0.381 e. The van der Waals surface area contributed by atoms with E-state index >= 15 is 0 Å². The van der Waals surface area contributed by atoms with Gasteiger partial charge in [-0.3, -0.25) is 9.59 Å². The van der Waals surface area contributed by atoms with Gasteiger partial charge >= 0.3 is 0 Å². The van der Waals surface area contributed by atoms with Crippen LogP contribution in [0.2, 0.25) is 0 Å². The first-order valence-corrected chi connectivity index (χ1v) is 8.78. The van der Waals surface area contributed by atoms with Gasteiger partial charge < -0.3 is 15.4 Å². The lowest BCUT2D eigenvalue weighted by atomic mass is 10.1. The molecule has 2 amide bonds. The van der Waals surface area contributed by atoms with Gasteiger partial charge in [-0.2, -0.15) is 0 Å². The minimum absolute atomic E-state index is 0.196. The third kappa shape index (κ3) is 4.67. The molecule has 1 saturated heterocycles. The number of nitrogens with one attached hydrogen (secondary N) is 2. The van der Waals surface area contributed by atoms with E-state index in [0.29, 0.717) is 36.7 Å². The molecule has 6 heteroatoms. The second-order valence-electron chi connectivity index (χ2n) is 6.41. The molecular weight excluding hydrogens is 330 g/mol. The van der Waals surface area contributed by atoms with Crippen molar-refractivity contribution in [2.45, 2.75) is 12.8 Å². The molecule has 3 rings (SSSR count). The lowest BCUT2D eigenvalue weighted by Crippen LogP contribution is -2.30. The molecule has 2 aromatic rings. The molecule has 6 nitrogen and oxygen atoms in total. The molecular formula is C20H23N3O3. The highest BCUT2D eigenvalue weighted by molar-refractivity contribution is 5.98. The van der Waals surface area contributed by atoms with E-state index in [0.717, 1.165) is 18.6 Å². The molecule has 0 spiro atoms. The normalized spacial score (nSPS) is 16.3. The number of benzene rings is 1. The van der Waals surface area contributed by atoms with Crippen LogP contribution in [-0.2, 0) is 11.2 Å². The summed E-state index contributed by atoms with van der Waals surface area (Å²) in [5.74, 6) is -0.153. The summed E-state index contributed by atoms with van der Waals surface area (Å²) < 4.78 is 5.33. The summed E-state index contributed by atoms with van der Waals surface area (Å²) in [7, 11) is 1.55. The number of ether oxygens (including phenoxy) is 1. The minimum atomic E-state index is -0.307. The molecule has 1 aliphatic heterocycles. The summed E-state index contributed by atoms with van der Waals surface area (Å²) in [5, 5.41) is 5.50. The molecule has 1 aliphatic rings. The lowest BCUT2D eigenvalue weighted by Gasteiger charge is -2.11. The molecule has 2 N–H and O–H groups in total. The highest BCUT2D eigenvalue weighted by Crippen LogP contribution is 2.14. The zero-order valence-electron chi connectivity index (χ0n) is 14.8. The number of carbonyl (C=O) groups is 2. The van der Waals surface area contributed by atoms with Gasteiger partial charge in [0.15, 0.2) is 0 Å². The van der Waals surface area contributed by atoms with E-state index in [2.05, 4.69) is 15.6 Å². The van der Waals surface area contributed by atoms with Crippen LogP contribution in [0.25, 0.3) is 0 Å². The predicted molar refractivity (Wildman–Crippen MR) is 98.1 cm³/mol. The Balaban J connectivity index is 1.79. The maximum absolute atomic E-state index is 12.6. The molecule has 136 valence electrons. The van der Waals surface area contributed by atoms with Crippen LogP contribution >= 0.6 is 0 Å². The largest absolute Gasteiger partial charge is 0.381 e. The average Bonchev–Trinajstić information content (AvgIpc) is 3.19. The fourth-order valence-corrected chi connectivity index (χ4v) is 2.94. The van der Waals surface area contributed by atoms with Crippen LogP contribution < -0.4 is 10.6 Å². The summed E-state index contributed by atoms with van der Waals surface area (Å²) in [5.41, 5.74) is 2.45. The van der Waals surface area contributed by atoms with Crippen LogP contribution in [0, 0.1) is 5.92 Å². The molecule has 0 bridgehead atoms. The molecule has 26 heavy (non-hydrogen) atoms. The Kier molecular flexibility index (Phi) is 5.96. The molecule has 0 aliphatic carbocycles. The van der Waals surface area contributed by atoms with E-state index in [-0.39, 0.29) is 17.5 Å². The molecule has 2 heterocycles. The van der Waals surface area contributed by atoms with E-state index in [1.54, 1.807) is 13.1 Å². The zero-order chi connectivity index (χ0) is 18.4. The van der Waals surface area contributed by atoms with Gasteiger partial charge in [-0.05, 0) is 24.1 Å². The smallest absolute Gasteiger partial charge is 0.269 e. The first-order valence-electron chi connectivity index (χ1n) is 8.78. The van der Waals surface area contributed by atoms with Crippen molar-refractivity contribution in [1.82, 2.24) is 15.6 Å². The van der Waals surface area contributed by atoms with Crippen LogP contribution in [0.4, 0.5) is 0 Å². The van der Waals surface area contributed by atoms with Gasteiger partial charge in [-0.15, -0.1) is 0 Å². The number of pyridine rings is 1. The van der Waals surface area contributed by atoms with Crippen LogP contribution in [-0.4, -0.2) is 43.6 Å². The van der Waals surface area contributed by atoms with E-state index in [9.17, 15) is 9.59 Å². The standard InChI is InChI=1S/C20H23N3O3/c1-21-20(25)18-11-16(19(24)22-12-15-7-8-26-13-15)10-17(23-18)9-14-5-3-2-4-6-14/h2-6,10-11,15H,7-9,12-13H2,1H3,(H,21,25)(H,22,24). The fraction of sp³-hybridized carbons (Fsp3) is 0.350. The van der Waals surface area contributed by atoms with Crippen LogP contribution in [0.15, 0.2) is 42.5 Å². The first kappa shape index (κ1) is 18.1. The highest BCUT2D eigenvalue weighted by Gasteiger charge is 2.18. The number of hydrogen-bond donors (Lipinski definition) is 2. The van der Waals surface area contributed by atoms with Crippen molar-refractivity contribution in [3.8, 4) is 0 Å². The molecule has 1 unspecified atom stereocenters. The first-order chi connectivity index (χ1) is 12.7. The summed E-state index contributed by atoms with van der Waals surface area (Å²) >= 11 is 0. The van der Waals surface area contributed by atoms with Crippen LogP contribution in [0.3, 0.4) is 0 Å². The van der Waals surface area contributed by atoms with E-state index < -0.39 is 0 Å². The fourth-order valence-electron chi connectivity index (χ4n) is 2.94. The molecule has 0 saturated carbocycles. The van der Waals surface area contributed by atoms with Crippen LogP contribution in [0.5, 0.6) is 0 Å². The summed E-state index contributed by atoms with van der Waals surface area (Å²) in [6, 6.07) is 13.1. The van der Waals surface area contributed by atoms with Crippen molar-refractivity contribution >= 4 is 11.8 Å². The van der Waals surface area contributed by atoms with Gasteiger partial charge in [0, 0.05) is 43.8 Å². The van der Waals surface area contributed by atoms with E-state index in [1.165, 1.54) is 6.07 Å². The quantitative estimate of drug-likeness (QED) is 0.830. The van der Waals surface area contributed by atoms with Crippen molar-refractivity contribution in [2.24, 2.45) is 5.92 Å². The van der Waals surface area contributed by atoms with Crippen molar-refractivity contribution in [3.63, 3.8) is 0 Å². The van der Waals surface area contributed by atoms with Gasteiger partial charge in [0.1, 0.15) is 5.69 Å². The van der Waals surface area contributed by atoms with Crippen molar-refractivity contribution < 1.29 is 14.3 Å². The maximum atomic E-state index is 12.6. The van der Waals surface area contributed by atoms with Crippen molar-refractivity contribution in [1.29, 1.82) is 0 Å². The van der Waals surface area contributed by atoms with Crippen molar-refractivity contribution in [3.05, 3.63) is 65.0 Å². The summed E-state index contributed by atoms with van der Waals surface area (Å²) in [4.78, 5) is 29.0. The Morgan fingerprint density at radius 1 is 1.19 bits per heavy atom. The Bertz CT molecular complexity index is 771. The average molecular weight is 353 g/mol. The maximum Gasteiger partial charge on any atom is 0.269 e. The van der Waals surface area contributed by atoms with Gasteiger partial charge in [-0.1, -0.05) is 30.3 Å². The molecule has 1 aromatic carbocycles. The third-order valence-corrected chi connectivity index (χ3v) is 4.40. The monoisotopic (exact) mass is 353 g/mol. The Morgan fingerprint density at radius 2 is 2.00 bits per heavy atom. The Morgan fingerprint density at radius 3 is 2.69 bits per heavy atom. The Hall–Kier alpha value is -2.73. The number of amides is 2. The molecule has 1 fully saturated rings. The number of rotatable bonds is 6. The Labute approximate surface area is 153 Å². The van der Waals surface area contributed by atoms with Gasteiger partial charge in [0.05, 0.1) is 6.61 Å². The number of aromatic nitrogens is 1. The second kappa shape index (κ2) is 8.58. The number of carbonyl (C=O) groups excluding carboxylic acids is 2. The number of nitrogens with zero attached hydrogens (tertiary/aromatic N) is 1. The van der Waals surface area contributed by atoms with Gasteiger partial charge in [0.2, 0.25) is 0 Å². The van der Waals surface area contributed by atoms with E-state index in [4.69, 9.17) is 4.74 Å². The summed E-state index contributed by atoms with van der Waals surface area (Å²) in [6.45, 7) is 2.00. The molecule has 0 radical (unpaired) electrons. The third-order valence-electron chi connectivity index (χ3n) is 4.40. The predicted octanol–water partition coefficient (Wildman–Crippen LogP) is 1.80. The topological polar surface area (TPSA) is 80.3 Å². The number of hydrogen-bond acceptors (Lipinski definition) is 4. The summed E-state index contributed by atoms with van der Waals surface area (Å²) in [6.07, 6.45) is 1.52. The SMILES string of the molecule is CNC(=O)c1cc(C(=O)NCC2CCOC2)cc(Cc2ccccc2)n1. The highest BCUT2D eigenvalue weighted by atomic mass is 16.5.